The van der Waals surface area contributed by atoms with Crippen LogP contribution in [0.1, 0.15) is 19.4 Å². The van der Waals surface area contributed by atoms with Gasteiger partial charge in [-0.1, -0.05) is 50.2 Å². The Hall–Kier alpha value is -3.10. The summed E-state index contributed by atoms with van der Waals surface area (Å²) in [6, 6.07) is 16.8. The minimum Gasteiger partial charge on any atom is -0.493 e. The van der Waals surface area contributed by atoms with Gasteiger partial charge in [0.2, 0.25) is 15.9 Å². The van der Waals surface area contributed by atoms with Crippen LogP contribution in [0.3, 0.4) is 0 Å². The summed E-state index contributed by atoms with van der Waals surface area (Å²) < 4.78 is 39.1. The third kappa shape index (κ3) is 5.38. The normalized spacial score (nSPS) is 12.5. The van der Waals surface area contributed by atoms with Gasteiger partial charge in [-0.25, -0.2) is 8.42 Å². The summed E-state index contributed by atoms with van der Waals surface area (Å²) >= 11 is 0. The summed E-state index contributed by atoms with van der Waals surface area (Å²) in [4.78, 5) is 13.0. The SMILES string of the molecule is COc1ccc(CNC(=O)[C@H](NS(=O)(=O)c2ccc3ccccc3c2)C(C)C)cc1OC. The van der Waals surface area contributed by atoms with Crippen LogP contribution in [0.2, 0.25) is 0 Å². The molecule has 0 aromatic heterocycles. The number of benzene rings is 3. The van der Waals surface area contributed by atoms with Crippen LogP contribution in [0.25, 0.3) is 10.8 Å². The maximum Gasteiger partial charge on any atom is 0.241 e. The average molecular weight is 457 g/mol. The largest absolute Gasteiger partial charge is 0.493 e. The van der Waals surface area contributed by atoms with E-state index < -0.39 is 22.0 Å². The molecule has 0 aliphatic heterocycles. The molecule has 8 heteroatoms. The van der Waals surface area contributed by atoms with E-state index >= 15 is 0 Å². The molecule has 0 aliphatic carbocycles. The summed E-state index contributed by atoms with van der Waals surface area (Å²) in [6.45, 7) is 3.81. The molecule has 2 N–H and O–H groups in total. The van der Waals surface area contributed by atoms with E-state index in [9.17, 15) is 13.2 Å². The Morgan fingerprint density at radius 1 is 0.906 bits per heavy atom. The number of ether oxygens (including phenoxy) is 2. The van der Waals surface area contributed by atoms with Gasteiger partial charge in [0.15, 0.2) is 11.5 Å². The second kappa shape index (κ2) is 10.0. The third-order valence-corrected chi connectivity index (χ3v) is 6.62. The molecule has 0 fully saturated rings. The Balaban J connectivity index is 1.74. The van der Waals surface area contributed by atoms with Crippen molar-refractivity contribution in [3.63, 3.8) is 0 Å². The number of hydrogen-bond acceptors (Lipinski definition) is 5. The quantitative estimate of drug-likeness (QED) is 0.514. The number of carbonyl (C=O) groups excluding carboxylic acids is 1. The number of hydrogen-bond donors (Lipinski definition) is 2. The van der Waals surface area contributed by atoms with Crippen molar-refractivity contribution >= 4 is 26.7 Å². The van der Waals surface area contributed by atoms with Crippen molar-refractivity contribution in [3.8, 4) is 11.5 Å². The van der Waals surface area contributed by atoms with Gasteiger partial charge in [0.25, 0.3) is 0 Å². The van der Waals surface area contributed by atoms with E-state index in [4.69, 9.17) is 9.47 Å². The zero-order chi connectivity index (χ0) is 23.3. The van der Waals surface area contributed by atoms with Crippen molar-refractivity contribution in [2.75, 3.05) is 14.2 Å². The lowest BCUT2D eigenvalue weighted by Gasteiger charge is -2.22. The lowest BCUT2D eigenvalue weighted by molar-refractivity contribution is -0.123. The van der Waals surface area contributed by atoms with Gasteiger partial charge in [-0.05, 0) is 46.5 Å². The summed E-state index contributed by atoms with van der Waals surface area (Å²) in [5.41, 5.74) is 0.802. The van der Waals surface area contributed by atoms with E-state index in [-0.39, 0.29) is 17.4 Å². The van der Waals surface area contributed by atoms with Crippen molar-refractivity contribution < 1.29 is 22.7 Å². The minimum atomic E-state index is -3.89. The molecule has 0 bridgehead atoms. The fourth-order valence-electron chi connectivity index (χ4n) is 3.35. The van der Waals surface area contributed by atoms with E-state index in [1.165, 1.54) is 7.11 Å². The van der Waals surface area contributed by atoms with E-state index in [2.05, 4.69) is 10.0 Å². The standard InChI is InChI=1S/C24H28N2O5S/c1-16(2)23(24(27)25-15-17-9-12-21(30-3)22(13-17)31-4)26-32(28,29)20-11-10-18-7-5-6-8-19(18)14-20/h5-14,16,23,26H,15H2,1-4H3,(H,25,27)/t23-/m1/s1. The molecule has 3 aromatic carbocycles. The van der Waals surface area contributed by atoms with Crippen LogP contribution in [0, 0.1) is 5.92 Å². The van der Waals surface area contributed by atoms with Gasteiger partial charge in [-0.15, -0.1) is 0 Å². The molecule has 0 spiro atoms. The van der Waals surface area contributed by atoms with Crippen molar-refractivity contribution in [2.24, 2.45) is 5.92 Å². The minimum absolute atomic E-state index is 0.120. The molecule has 7 nitrogen and oxygen atoms in total. The third-order valence-electron chi connectivity index (χ3n) is 5.18. The second-order valence-electron chi connectivity index (χ2n) is 7.76. The average Bonchev–Trinajstić information content (AvgIpc) is 2.80. The van der Waals surface area contributed by atoms with E-state index in [1.54, 1.807) is 51.3 Å². The van der Waals surface area contributed by atoms with Crippen molar-refractivity contribution in [2.45, 2.75) is 31.3 Å². The van der Waals surface area contributed by atoms with Crippen LogP contribution in [0.4, 0.5) is 0 Å². The monoisotopic (exact) mass is 456 g/mol. The highest BCUT2D eigenvalue weighted by Gasteiger charge is 2.28. The first-order chi connectivity index (χ1) is 15.2. The second-order valence-corrected chi connectivity index (χ2v) is 9.47. The van der Waals surface area contributed by atoms with Gasteiger partial charge in [-0.3, -0.25) is 4.79 Å². The Morgan fingerprint density at radius 3 is 2.25 bits per heavy atom. The molecule has 0 heterocycles. The van der Waals surface area contributed by atoms with Crippen molar-refractivity contribution in [3.05, 3.63) is 66.2 Å². The van der Waals surface area contributed by atoms with E-state index in [0.717, 1.165) is 16.3 Å². The lowest BCUT2D eigenvalue weighted by atomic mass is 10.0. The first-order valence-corrected chi connectivity index (χ1v) is 11.7. The number of nitrogens with one attached hydrogen (secondary N) is 2. The Labute approximate surface area is 188 Å². The molecule has 0 aliphatic rings. The smallest absolute Gasteiger partial charge is 0.241 e. The zero-order valence-corrected chi connectivity index (χ0v) is 19.4. The molecule has 1 amide bonds. The number of carbonyl (C=O) groups is 1. The van der Waals surface area contributed by atoms with Crippen LogP contribution in [-0.4, -0.2) is 34.6 Å². The number of rotatable bonds is 9. The molecule has 3 rings (SSSR count). The fraction of sp³-hybridized carbons (Fsp3) is 0.292. The molecule has 3 aromatic rings. The van der Waals surface area contributed by atoms with Crippen LogP contribution in [0.15, 0.2) is 65.6 Å². The van der Waals surface area contributed by atoms with Crippen molar-refractivity contribution in [1.82, 2.24) is 10.0 Å². The molecule has 0 radical (unpaired) electrons. The van der Waals surface area contributed by atoms with Crippen LogP contribution in [0.5, 0.6) is 11.5 Å². The molecule has 0 saturated carbocycles. The molecule has 170 valence electrons. The van der Waals surface area contributed by atoms with Crippen molar-refractivity contribution in [1.29, 1.82) is 0 Å². The van der Waals surface area contributed by atoms with Gasteiger partial charge in [0.1, 0.15) is 6.04 Å². The fourth-order valence-corrected chi connectivity index (χ4v) is 4.73. The summed E-state index contributed by atoms with van der Waals surface area (Å²) in [5, 5.41) is 4.57. The first-order valence-electron chi connectivity index (χ1n) is 10.2. The number of sulfonamides is 1. The number of amides is 1. The van der Waals surface area contributed by atoms with Gasteiger partial charge in [-0.2, -0.15) is 4.72 Å². The van der Waals surface area contributed by atoms with E-state index in [0.29, 0.717) is 11.5 Å². The Morgan fingerprint density at radius 2 is 1.59 bits per heavy atom. The molecule has 32 heavy (non-hydrogen) atoms. The molecule has 0 saturated heterocycles. The summed E-state index contributed by atoms with van der Waals surface area (Å²) in [5.74, 6) is 0.484. The Kier molecular flexibility index (Phi) is 7.37. The number of fused-ring (bicyclic) bond motifs is 1. The van der Waals surface area contributed by atoms with Gasteiger partial charge in [0.05, 0.1) is 19.1 Å². The lowest BCUT2D eigenvalue weighted by Crippen LogP contribution is -2.49. The van der Waals surface area contributed by atoms with Crippen LogP contribution < -0.4 is 19.5 Å². The predicted molar refractivity (Wildman–Crippen MR) is 124 cm³/mol. The van der Waals surface area contributed by atoms with E-state index in [1.807, 2.05) is 30.3 Å². The maximum absolute atomic E-state index is 13.0. The molecular weight excluding hydrogens is 428 g/mol. The highest BCUT2D eigenvalue weighted by molar-refractivity contribution is 7.89. The number of methoxy groups -OCH3 is 2. The van der Waals surface area contributed by atoms with Gasteiger partial charge < -0.3 is 14.8 Å². The van der Waals surface area contributed by atoms with Gasteiger partial charge in [0, 0.05) is 6.54 Å². The molecular formula is C24H28N2O5S. The molecule has 0 unspecified atom stereocenters. The Bertz CT molecular complexity index is 1210. The highest BCUT2D eigenvalue weighted by Crippen LogP contribution is 2.27. The highest BCUT2D eigenvalue weighted by atomic mass is 32.2. The topological polar surface area (TPSA) is 93.7 Å². The molecule has 1 atom stereocenters. The summed E-state index contributed by atoms with van der Waals surface area (Å²) in [6.07, 6.45) is 0. The van der Waals surface area contributed by atoms with Gasteiger partial charge >= 0.3 is 0 Å². The maximum atomic E-state index is 13.0. The van der Waals surface area contributed by atoms with Crippen LogP contribution >= 0.6 is 0 Å². The first kappa shape index (κ1) is 23.6. The predicted octanol–water partition coefficient (Wildman–Crippen LogP) is 3.48. The summed E-state index contributed by atoms with van der Waals surface area (Å²) in [7, 11) is -0.803. The van der Waals surface area contributed by atoms with Crippen LogP contribution in [-0.2, 0) is 21.4 Å². The zero-order valence-electron chi connectivity index (χ0n) is 18.6.